The van der Waals surface area contributed by atoms with E-state index in [2.05, 4.69) is 0 Å². The standard InChI is InChI=1S/C33H42O14/c1-19(34)41-18-25-28(43-20(2)35)30(44-21(3)36)27(38)32(46-25)47-29-26(37)24(17-40-15-22-11-7-5-8-12-22)45-33(39-4)31(29)42-16-23-13-9-6-10-14-23/h5-14,24-33,37-38H,15-18H2,1-4H3/t24-,25-,26-,27-,28+,29+,30-,31-,32-,33+/m1/s1. The first kappa shape index (κ1) is 36.4. The monoisotopic (exact) mass is 662 g/mol. The van der Waals surface area contributed by atoms with E-state index in [4.69, 9.17) is 42.6 Å². The van der Waals surface area contributed by atoms with E-state index in [9.17, 15) is 24.6 Å². The van der Waals surface area contributed by atoms with Crippen molar-refractivity contribution in [3.05, 3.63) is 71.8 Å². The number of carbonyl (C=O) groups is 3. The third-order valence-electron chi connectivity index (χ3n) is 7.49. The normalized spacial score (nSPS) is 30.7. The van der Waals surface area contributed by atoms with Crippen LogP contribution in [0.25, 0.3) is 0 Å². The van der Waals surface area contributed by atoms with E-state index in [-0.39, 0.29) is 19.8 Å². The van der Waals surface area contributed by atoms with Crippen LogP contribution in [0.15, 0.2) is 60.7 Å². The lowest BCUT2D eigenvalue weighted by molar-refractivity contribution is -0.364. The van der Waals surface area contributed by atoms with E-state index in [1.165, 1.54) is 14.0 Å². The van der Waals surface area contributed by atoms with Gasteiger partial charge in [0.1, 0.15) is 43.2 Å². The second kappa shape index (κ2) is 17.6. The van der Waals surface area contributed by atoms with E-state index in [0.717, 1.165) is 25.0 Å². The van der Waals surface area contributed by atoms with Gasteiger partial charge in [0.05, 0.1) is 19.8 Å². The summed E-state index contributed by atoms with van der Waals surface area (Å²) in [7, 11) is 1.40. The average molecular weight is 663 g/mol. The smallest absolute Gasteiger partial charge is 0.303 e. The van der Waals surface area contributed by atoms with Crippen molar-refractivity contribution in [2.75, 3.05) is 20.3 Å². The van der Waals surface area contributed by atoms with Crippen molar-refractivity contribution >= 4 is 17.9 Å². The van der Waals surface area contributed by atoms with E-state index in [1.54, 1.807) is 0 Å². The molecule has 0 saturated carbocycles. The Morgan fingerprint density at radius 3 is 1.81 bits per heavy atom. The van der Waals surface area contributed by atoms with E-state index in [1.807, 2.05) is 60.7 Å². The van der Waals surface area contributed by atoms with Crippen molar-refractivity contribution < 1.29 is 67.2 Å². The maximum Gasteiger partial charge on any atom is 0.303 e. The molecule has 2 aliphatic heterocycles. The first-order valence-corrected chi connectivity index (χ1v) is 15.2. The van der Waals surface area contributed by atoms with Crippen LogP contribution in [0.4, 0.5) is 0 Å². The molecule has 10 atom stereocenters. The first-order chi connectivity index (χ1) is 22.6. The van der Waals surface area contributed by atoms with Gasteiger partial charge < -0.3 is 52.8 Å². The van der Waals surface area contributed by atoms with Crippen molar-refractivity contribution in [1.29, 1.82) is 0 Å². The molecule has 0 aromatic heterocycles. The van der Waals surface area contributed by atoms with Gasteiger partial charge in [0.25, 0.3) is 0 Å². The van der Waals surface area contributed by atoms with Gasteiger partial charge in [0.15, 0.2) is 24.8 Å². The molecule has 2 saturated heterocycles. The fourth-order valence-corrected chi connectivity index (χ4v) is 5.34. The highest BCUT2D eigenvalue weighted by Gasteiger charge is 2.54. The van der Waals surface area contributed by atoms with Gasteiger partial charge in [-0.1, -0.05) is 60.7 Å². The van der Waals surface area contributed by atoms with Gasteiger partial charge in [-0.25, -0.2) is 0 Å². The Labute approximate surface area is 272 Å². The summed E-state index contributed by atoms with van der Waals surface area (Å²) < 4.78 is 51.8. The number of hydrogen-bond donors (Lipinski definition) is 2. The molecule has 47 heavy (non-hydrogen) atoms. The van der Waals surface area contributed by atoms with Crippen LogP contribution in [0.5, 0.6) is 0 Å². The maximum atomic E-state index is 12.1. The van der Waals surface area contributed by atoms with Crippen LogP contribution in [0.1, 0.15) is 31.9 Å². The summed E-state index contributed by atoms with van der Waals surface area (Å²) in [4.78, 5) is 35.7. The molecular weight excluding hydrogens is 620 g/mol. The minimum absolute atomic E-state index is 0.0606. The zero-order valence-electron chi connectivity index (χ0n) is 26.7. The van der Waals surface area contributed by atoms with Gasteiger partial charge in [0.2, 0.25) is 0 Å². The molecule has 0 unspecified atom stereocenters. The Morgan fingerprint density at radius 1 is 0.660 bits per heavy atom. The molecule has 0 aliphatic carbocycles. The highest BCUT2D eigenvalue weighted by atomic mass is 16.8. The van der Waals surface area contributed by atoms with Gasteiger partial charge in [-0.05, 0) is 11.1 Å². The number of aliphatic hydroxyl groups is 2. The van der Waals surface area contributed by atoms with Crippen LogP contribution >= 0.6 is 0 Å². The molecule has 2 aromatic carbocycles. The molecule has 14 nitrogen and oxygen atoms in total. The molecule has 2 fully saturated rings. The average Bonchev–Trinajstić information content (AvgIpc) is 3.04. The van der Waals surface area contributed by atoms with Crippen LogP contribution in [0.2, 0.25) is 0 Å². The predicted octanol–water partition coefficient (Wildman–Crippen LogP) is 1.42. The minimum atomic E-state index is -1.73. The number of hydrogen-bond acceptors (Lipinski definition) is 14. The highest BCUT2D eigenvalue weighted by Crippen LogP contribution is 2.33. The summed E-state index contributed by atoms with van der Waals surface area (Å²) in [5.74, 6) is -2.20. The number of aliphatic hydroxyl groups excluding tert-OH is 2. The van der Waals surface area contributed by atoms with Crippen molar-refractivity contribution in [2.24, 2.45) is 0 Å². The second-order valence-corrected chi connectivity index (χ2v) is 11.1. The van der Waals surface area contributed by atoms with Crippen molar-refractivity contribution in [3.63, 3.8) is 0 Å². The molecule has 14 heteroatoms. The van der Waals surface area contributed by atoms with Crippen molar-refractivity contribution in [2.45, 2.75) is 95.4 Å². The van der Waals surface area contributed by atoms with Crippen LogP contribution in [0.3, 0.4) is 0 Å². The number of carbonyl (C=O) groups excluding carboxylic acids is 3. The number of esters is 3. The Morgan fingerprint density at radius 2 is 1.23 bits per heavy atom. The van der Waals surface area contributed by atoms with Crippen molar-refractivity contribution in [1.82, 2.24) is 0 Å². The number of benzene rings is 2. The molecule has 2 aliphatic rings. The number of ether oxygens (including phenoxy) is 9. The quantitative estimate of drug-likeness (QED) is 0.219. The zero-order valence-corrected chi connectivity index (χ0v) is 26.7. The lowest BCUT2D eigenvalue weighted by Crippen LogP contribution is -2.66. The molecule has 2 N–H and O–H groups in total. The summed E-state index contributed by atoms with van der Waals surface area (Å²) in [6.45, 7) is 3.25. The largest absolute Gasteiger partial charge is 0.463 e. The molecule has 0 bridgehead atoms. The summed E-state index contributed by atoms with van der Waals surface area (Å²) in [6.07, 6.45) is -13.2. The van der Waals surface area contributed by atoms with Crippen molar-refractivity contribution in [3.8, 4) is 0 Å². The van der Waals surface area contributed by atoms with Gasteiger partial charge >= 0.3 is 17.9 Å². The van der Waals surface area contributed by atoms with Gasteiger partial charge in [0, 0.05) is 27.9 Å². The molecule has 0 amide bonds. The Bertz CT molecular complexity index is 1280. The summed E-state index contributed by atoms with van der Waals surface area (Å²) >= 11 is 0. The Balaban J connectivity index is 1.61. The number of methoxy groups -OCH3 is 1. The molecule has 2 aromatic rings. The molecule has 0 radical (unpaired) electrons. The van der Waals surface area contributed by atoms with Crippen LogP contribution in [0, 0.1) is 0 Å². The number of rotatable bonds is 14. The third kappa shape index (κ3) is 10.3. The van der Waals surface area contributed by atoms with Gasteiger partial charge in [-0.15, -0.1) is 0 Å². The SMILES string of the molecule is CO[C@H]1O[C@H](COCc2ccccc2)[C@@H](O)[C@H](O[C@H]2O[C@H](COC(C)=O)[C@H](OC(C)=O)[C@H](OC(C)=O)[C@H]2O)[C@H]1OCc1ccccc1. The van der Waals surface area contributed by atoms with Gasteiger partial charge in [-0.3, -0.25) is 14.4 Å². The summed E-state index contributed by atoms with van der Waals surface area (Å²) in [6, 6.07) is 18.7. The van der Waals surface area contributed by atoms with Gasteiger partial charge in [-0.2, -0.15) is 0 Å². The maximum absolute atomic E-state index is 12.1. The molecule has 0 spiro atoms. The molecular formula is C33H42O14. The first-order valence-electron chi connectivity index (χ1n) is 15.2. The van der Waals surface area contributed by atoms with E-state index < -0.39 is 85.9 Å². The zero-order chi connectivity index (χ0) is 33.9. The lowest BCUT2D eigenvalue weighted by atomic mass is 9.96. The predicted molar refractivity (Wildman–Crippen MR) is 160 cm³/mol. The second-order valence-electron chi connectivity index (χ2n) is 11.1. The third-order valence-corrected chi connectivity index (χ3v) is 7.49. The highest BCUT2D eigenvalue weighted by molar-refractivity contribution is 5.67. The van der Waals surface area contributed by atoms with Crippen LogP contribution < -0.4 is 0 Å². The Hall–Kier alpha value is -3.47. The van der Waals surface area contributed by atoms with Crippen LogP contribution in [-0.2, 0) is 70.2 Å². The summed E-state index contributed by atoms with van der Waals surface area (Å²) in [5.41, 5.74) is 1.73. The lowest BCUT2D eigenvalue weighted by Gasteiger charge is -2.48. The Kier molecular flexibility index (Phi) is 13.6. The fourth-order valence-electron chi connectivity index (χ4n) is 5.34. The molecule has 4 rings (SSSR count). The molecule has 258 valence electrons. The fraction of sp³-hybridized carbons (Fsp3) is 0.545. The van der Waals surface area contributed by atoms with E-state index >= 15 is 0 Å². The topological polar surface area (TPSA) is 175 Å². The van der Waals surface area contributed by atoms with E-state index in [0.29, 0.717) is 0 Å². The minimum Gasteiger partial charge on any atom is -0.463 e. The summed E-state index contributed by atoms with van der Waals surface area (Å²) in [5, 5.41) is 23.0. The molecule has 2 heterocycles. The van der Waals surface area contributed by atoms with Crippen LogP contribution in [-0.4, -0.2) is 110 Å².